The second-order valence-corrected chi connectivity index (χ2v) is 5.65. The fourth-order valence-electron chi connectivity index (χ4n) is 2.05. The monoisotopic (exact) mass is 344 g/mol. The van der Waals surface area contributed by atoms with Crippen molar-refractivity contribution in [3.8, 4) is 22.6 Å². The number of rotatable bonds is 3. The van der Waals surface area contributed by atoms with Gasteiger partial charge >= 0.3 is 5.97 Å². The second kappa shape index (κ2) is 6.36. The number of hydrogen-bond acceptors (Lipinski definition) is 3. The molecule has 23 heavy (non-hydrogen) atoms. The molecule has 0 aliphatic carbocycles. The lowest BCUT2D eigenvalue weighted by Crippen LogP contribution is -2.04. The van der Waals surface area contributed by atoms with Gasteiger partial charge in [-0.1, -0.05) is 35.3 Å². The van der Waals surface area contributed by atoms with Gasteiger partial charge in [-0.15, -0.1) is 0 Å². The van der Waals surface area contributed by atoms with Crippen LogP contribution in [0.15, 0.2) is 54.6 Å². The van der Waals surface area contributed by atoms with Crippen LogP contribution in [0.3, 0.4) is 0 Å². The molecule has 0 unspecified atom stereocenters. The van der Waals surface area contributed by atoms with E-state index in [9.17, 15) is 9.90 Å². The van der Waals surface area contributed by atoms with Crippen LogP contribution in [-0.2, 0) is 0 Å². The van der Waals surface area contributed by atoms with Crippen LogP contribution in [0.4, 0.5) is 0 Å². The van der Waals surface area contributed by atoms with Gasteiger partial charge in [0.2, 0.25) is 0 Å². The largest absolute Gasteiger partial charge is 0.477 e. The summed E-state index contributed by atoms with van der Waals surface area (Å²) in [5, 5.41) is 10.5. The van der Waals surface area contributed by atoms with Crippen molar-refractivity contribution in [1.29, 1.82) is 0 Å². The summed E-state index contributed by atoms with van der Waals surface area (Å²) in [6, 6.07) is 15.3. The lowest BCUT2D eigenvalue weighted by Gasteiger charge is -2.07. The van der Waals surface area contributed by atoms with Crippen LogP contribution in [-0.4, -0.2) is 21.0 Å². The highest BCUT2D eigenvalue weighted by Crippen LogP contribution is 2.24. The molecule has 0 spiro atoms. The Labute approximate surface area is 142 Å². The predicted octanol–water partition coefficient (Wildman–Crippen LogP) is 4.82. The maximum absolute atomic E-state index is 11.3. The molecule has 2 aromatic carbocycles. The summed E-state index contributed by atoms with van der Waals surface area (Å²) in [6.07, 6.45) is 0. The number of carboxylic acids is 1. The van der Waals surface area contributed by atoms with Gasteiger partial charge in [0.15, 0.2) is 11.5 Å². The predicted molar refractivity (Wildman–Crippen MR) is 89.9 cm³/mol. The summed E-state index contributed by atoms with van der Waals surface area (Å²) in [7, 11) is 0. The van der Waals surface area contributed by atoms with Crippen LogP contribution in [0.5, 0.6) is 0 Å². The molecule has 0 aliphatic rings. The Balaban J connectivity index is 2.15. The number of nitrogens with zero attached hydrogens (tertiary/aromatic N) is 2. The maximum Gasteiger partial charge on any atom is 0.354 e. The van der Waals surface area contributed by atoms with E-state index in [0.29, 0.717) is 27.1 Å². The third-order valence-corrected chi connectivity index (χ3v) is 3.69. The molecule has 0 atom stereocenters. The lowest BCUT2D eigenvalue weighted by atomic mass is 10.1. The van der Waals surface area contributed by atoms with Gasteiger partial charge in [-0.25, -0.2) is 14.8 Å². The minimum absolute atomic E-state index is 0.0742. The van der Waals surface area contributed by atoms with Crippen molar-refractivity contribution in [2.75, 3.05) is 0 Å². The van der Waals surface area contributed by atoms with E-state index in [1.54, 1.807) is 48.5 Å². The first kappa shape index (κ1) is 15.5. The van der Waals surface area contributed by atoms with Crippen LogP contribution >= 0.6 is 23.2 Å². The zero-order valence-corrected chi connectivity index (χ0v) is 13.2. The van der Waals surface area contributed by atoms with Crippen molar-refractivity contribution in [3.05, 3.63) is 70.3 Å². The van der Waals surface area contributed by atoms with Crippen LogP contribution in [0, 0.1) is 0 Å². The van der Waals surface area contributed by atoms with Crippen LogP contribution in [0.25, 0.3) is 22.6 Å². The Bertz CT molecular complexity index is 799. The van der Waals surface area contributed by atoms with E-state index >= 15 is 0 Å². The molecule has 0 bridgehead atoms. The zero-order valence-electron chi connectivity index (χ0n) is 11.7. The summed E-state index contributed by atoms with van der Waals surface area (Å²) < 4.78 is 0. The Kier molecular flexibility index (Phi) is 4.28. The smallest absolute Gasteiger partial charge is 0.354 e. The van der Waals surface area contributed by atoms with Gasteiger partial charge < -0.3 is 5.11 Å². The van der Waals surface area contributed by atoms with Gasteiger partial charge in [-0.3, -0.25) is 0 Å². The highest BCUT2D eigenvalue weighted by Gasteiger charge is 2.13. The van der Waals surface area contributed by atoms with Crippen LogP contribution in [0.2, 0.25) is 10.0 Å². The first-order valence-corrected chi connectivity index (χ1v) is 7.43. The topological polar surface area (TPSA) is 63.1 Å². The molecule has 0 amide bonds. The molecule has 4 nitrogen and oxygen atoms in total. The maximum atomic E-state index is 11.3. The summed E-state index contributed by atoms with van der Waals surface area (Å²) in [5.74, 6) is -0.788. The molecule has 0 fully saturated rings. The average molecular weight is 345 g/mol. The SMILES string of the molecule is O=C(O)c1cc(-c2ccc(Cl)cc2)nc(-c2ccc(Cl)cc2)n1. The number of benzene rings is 2. The Morgan fingerprint density at radius 1 is 0.826 bits per heavy atom. The number of carbonyl (C=O) groups is 1. The van der Waals surface area contributed by atoms with Crippen molar-refractivity contribution in [2.45, 2.75) is 0 Å². The number of carboxylic acid groups (broad SMARTS) is 1. The van der Waals surface area contributed by atoms with Gasteiger partial charge in [0, 0.05) is 21.2 Å². The zero-order chi connectivity index (χ0) is 16.4. The molecule has 6 heteroatoms. The number of hydrogen-bond donors (Lipinski definition) is 1. The third-order valence-electron chi connectivity index (χ3n) is 3.19. The number of aromatic carboxylic acids is 1. The van der Waals surface area contributed by atoms with E-state index in [1.165, 1.54) is 6.07 Å². The number of aromatic nitrogens is 2. The van der Waals surface area contributed by atoms with Gasteiger partial charge in [0.25, 0.3) is 0 Å². The highest BCUT2D eigenvalue weighted by atomic mass is 35.5. The normalized spacial score (nSPS) is 10.5. The molecular formula is C17H10Cl2N2O2. The van der Waals surface area contributed by atoms with Crippen molar-refractivity contribution in [3.63, 3.8) is 0 Å². The first-order chi connectivity index (χ1) is 11.0. The molecule has 0 saturated carbocycles. The highest BCUT2D eigenvalue weighted by molar-refractivity contribution is 6.30. The van der Waals surface area contributed by atoms with Gasteiger partial charge in [0.1, 0.15) is 0 Å². The van der Waals surface area contributed by atoms with E-state index < -0.39 is 5.97 Å². The van der Waals surface area contributed by atoms with Gasteiger partial charge in [-0.2, -0.15) is 0 Å². The van der Waals surface area contributed by atoms with Crippen LogP contribution < -0.4 is 0 Å². The molecule has 3 aromatic rings. The molecule has 1 aromatic heterocycles. The molecule has 1 heterocycles. The quantitative estimate of drug-likeness (QED) is 0.739. The summed E-state index contributed by atoms with van der Waals surface area (Å²) in [6.45, 7) is 0. The first-order valence-electron chi connectivity index (χ1n) is 6.67. The molecule has 3 rings (SSSR count). The van der Waals surface area contributed by atoms with E-state index in [0.717, 1.165) is 5.56 Å². The molecular weight excluding hydrogens is 335 g/mol. The van der Waals surface area contributed by atoms with Crippen LogP contribution in [0.1, 0.15) is 10.5 Å². The van der Waals surface area contributed by atoms with E-state index in [-0.39, 0.29) is 5.69 Å². The molecule has 114 valence electrons. The van der Waals surface area contributed by atoms with E-state index in [1.807, 2.05) is 0 Å². The Morgan fingerprint density at radius 2 is 1.35 bits per heavy atom. The minimum Gasteiger partial charge on any atom is -0.477 e. The standard InChI is InChI=1S/C17H10Cl2N2O2/c18-12-5-1-10(2-6-12)14-9-15(17(22)23)21-16(20-14)11-3-7-13(19)8-4-11/h1-9H,(H,22,23). The summed E-state index contributed by atoms with van der Waals surface area (Å²) >= 11 is 11.8. The van der Waals surface area contributed by atoms with Crippen molar-refractivity contribution >= 4 is 29.2 Å². The van der Waals surface area contributed by atoms with Crippen molar-refractivity contribution < 1.29 is 9.90 Å². The Morgan fingerprint density at radius 3 is 1.87 bits per heavy atom. The van der Waals surface area contributed by atoms with Gasteiger partial charge in [-0.05, 0) is 42.5 Å². The fraction of sp³-hybridized carbons (Fsp3) is 0. The third kappa shape index (κ3) is 3.50. The molecule has 0 radical (unpaired) electrons. The molecule has 0 saturated heterocycles. The Hall–Kier alpha value is -2.43. The summed E-state index contributed by atoms with van der Waals surface area (Å²) in [4.78, 5) is 19.9. The molecule has 1 N–H and O–H groups in total. The average Bonchev–Trinajstić information content (AvgIpc) is 2.55. The van der Waals surface area contributed by atoms with Crippen molar-refractivity contribution in [2.24, 2.45) is 0 Å². The number of halogens is 2. The van der Waals surface area contributed by atoms with Crippen molar-refractivity contribution in [1.82, 2.24) is 9.97 Å². The summed E-state index contributed by atoms with van der Waals surface area (Å²) in [5.41, 5.74) is 1.89. The lowest BCUT2D eigenvalue weighted by molar-refractivity contribution is 0.0690. The van der Waals surface area contributed by atoms with Gasteiger partial charge in [0.05, 0.1) is 5.69 Å². The fourth-order valence-corrected chi connectivity index (χ4v) is 2.31. The second-order valence-electron chi connectivity index (χ2n) is 4.78. The molecule has 0 aliphatic heterocycles. The minimum atomic E-state index is -1.11. The van der Waals surface area contributed by atoms with E-state index in [4.69, 9.17) is 23.2 Å². The van der Waals surface area contributed by atoms with E-state index in [2.05, 4.69) is 9.97 Å².